The molecule has 40 heavy (non-hydrogen) atoms. The molecular formula is C32H43NO7. The van der Waals surface area contributed by atoms with Gasteiger partial charge in [-0.05, 0) is 67.4 Å². The second-order valence-corrected chi connectivity index (χ2v) is 14.2. The third-order valence-corrected chi connectivity index (χ3v) is 10.8. The van der Waals surface area contributed by atoms with Gasteiger partial charge in [0.15, 0.2) is 29.0 Å². The number of nitrogens with zero attached hydrogens (tertiary/aromatic N) is 1. The zero-order chi connectivity index (χ0) is 29.2. The first-order chi connectivity index (χ1) is 18.6. The van der Waals surface area contributed by atoms with Crippen LogP contribution < -0.4 is 0 Å². The molecule has 1 aliphatic heterocycles. The summed E-state index contributed by atoms with van der Waals surface area (Å²) in [7, 11) is 0. The van der Waals surface area contributed by atoms with E-state index >= 15 is 0 Å². The lowest BCUT2D eigenvalue weighted by Crippen LogP contribution is -2.68. The van der Waals surface area contributed by atoms with E-state index in [4.69, 9.17) is 18.7 Å². The molecule has 1 aromatic heterocycles. The van der Waals surface area contributed by atoms with Crippen molar-refractivity contribution in [2.75, 3.05) is 6.61 Å². The number of rotatable bonds is 4. The smallest absolute Gasteiger partial charge is 0.344 e. The Kier molecular flexibility index (Phi) is 6.00. The number of aromatic nitrogens is 1. The average Bonchev–Trinajstić information content (AvgIpc) is 3.16. The van der Waals surface area contributed by atoms with Crippen LogP contribution in [0.25, 0.3) is 0 Å². The van der Waals surface area contributed by atoms with Crippen LogP contribution in [-0.4, -0.2) is 52.2 Å². The highest BCUT2D eigenvalue weighted by Gasteiger charge is 2.77. The first-order valence-electron chi connectivity index (χ1n) is 14.8. The van der Waals surface area contributed by atoms with Crippen molar-refractivity contribution >= 4 is 11.8 Å². The van der Waals surface area contributed by atoms with Gasteiger partial charge in [0.05, 0.1) is 12.0 Å². The number of aliphatic hydroxyl groups is 1. The fourth-order valence-corrected chi connectivity index (χ4v) is 8.66. The summed E-state index contributed by atoms with van der Waals surface area (Å²) >= 11 is 0. The Labute approximate surface area is 236 Å². The van der Waals surface area contributed by atoms with Crippen LogP contribution in [-0.2, 0) is 25.4 Å². The molecule has 8 nitrogen and oxygen atoms in total. The number of hydrogen-bond donors (Lipinski definition) is 1. The van der Waals surface area contributed by atoms with Gasteiger partial charge in [0.25, 0.3) is 0 Å². The lowest BCUT2D eigenvalue weighted by molar-refractivity contribution is -0.302. The molecule has 2 bridgehead atoms. The van der Waals surface area contributed by atoms with Crippen LogP contribution in [0.1, 0.15) is 96.5 Å². The molecule has 0 unspecified atom stereocenters. The SMILES string of the molecule is CCc1onc(C(C)C)c1C(=O)O[C@H]1C(C)=C[C@]23C(=O)[C@@H](C=C4COC(C)(C)O[C@H]4[C@]12O)[C@H]1[C@@H](C[C@H]3C)C1(C)C. The van der Waals surface area contributed by atoms with Crippen LogP contribution in [0.4, 0.5) is 0 Å². The van der Waals surface area contributed by atoms with E-state index in [1.54, 1.807) is 0 Å². The van der Waals surface area contributed by atoms with E-state index in [0.717, 1.165) is 12.0 Å². The van der Waals surface area contributed by atoms with Crippen molar-refractivity contribution in [3.63, 3.8) is 0 Å². The lowest BCUT2D eigenvalue weighted by atomic mass is 9.59. The van der Waals surface area contributed by atoms with E-state index < -0.39 is 35.0 Å². The molecule has 5 aliphatic rings. The number of ether oxygens (including phenoxy) is 3. The molecule has 4 aliphatic carbocycles. The first-order valence-corrected chi connectivity index (χ1v) is 14.8. The molecule has 218 valence electrons. The molecule has 8 atom stereocenters. The Morgan fingerprint density at radius 2 is 1.95 bits per heavy atom. The number of carbonyl (C=O) groups is 2. The minimum absolute atomic E-state index is 0.0103. The second kappa shape index (κ2) is 8.62. The zero-order valence-electron chi connectivity index (χ0n) is 25.2. The minimum atomic E-state index is -1.85. The van der Waals surface area contributed by atoms with Gasteiger partial charge < -0.3 is 23.8 Å². The molecule has 1 N–H and O–H groups in total. The molecule has 0 aromatic carbocycles. The molecule has 1 spiro atoms. The van der Waals surface area contributed by atoms with E-state index in [1.807, 2.05) is 53.7 Å². The fourth-order valence-electron chi connectivity index (χ4n) is 8.66. The molecule has 2 heterocycles. The molecule has 1 saturated heterocycles. The van der Waals surface area contributed by atoms with Crippen LogP contribution in [0.2, 0.25) is 0 Å². The highest BCUT2D eigenvalue weighted by atomic mass is 16.7. The third kappa shape index (κ3) is 3.45. The van der Waals surface area contributed by atoms with Crippen LogP contribution >= 0.6 is 0 Å². The van der Waals surface area contributed by atoms with Gasteiger partial charge in [-0.2, -0.15) is 0 Å². The van der Waals surface area contributed by atoms with Crippen LogP contribution in [0, 0.1) is 34.5 Å². The fraction of sp³-hybridized carbons (Fsp3) is 0.719. The zero-order valence-corrected chi connectivity index (χ0v) is 25.2. The topological polar surface area (TPSA) is 108 Å². The minimum Gasteiger partial charge on any atom is -0.451 e. The van der Waals surface area contributed by atoms with Crippen molar-refractivity contribution in [1.82, 2.24) is 5.16 Å². The molecule has 2 saturated carbocycles. The van der Waals surface area contributed by atoms with E-state index in [1.165, 1.54) is 0 Å². The number of aryl methyl sites for hydroxylation is 1. The molecule has 8 heteroatoms. The Balaban J connectivity index is 1.51. The van der Waals surface area contributed by atoms with Gasteiger partial charge in [-0.3, -0.25) is 4.79 Å². The molecule has 0 radical (unpaired) electrons. The molecule has 6 rings (SSSR count). The summed E-state index contributed by atoms with van der Waals surface area (Å²) in [6.45, 7) is 18.0. The van der Waals surface area contributed by atoms with Crippen LogP contribution in [0.5, 0.6) is 0 Å². The van der Waals surface area contributed by atoms with Gasteiger partial charge in [0.2, 0.25) is 0 Å². The largest absolute Gasteiger partial charge is 0.451 e. The van der Waals surface area contributed by atoms with Crippen molar-refractivity contribution in [3.8, 4) is 0 Å². The maximum atomic E-state index is 14.8. The number of fused-ring (bicyclic) bond motifs is 5. The normalized spacial score (nSPS) is 40.7. The summed E-state index contributed by atoms with van der Waals surface area (Å²) in [5, 5.41) is 17.3. The Morgan fingerprint density at radius 3 is 2.60 bits per heavy atom. The van der Waals surface area contributed by atoms with Crippen LogP contribution in [0.15, 0.2) is 27.8 Å². The number of esters is 1. The number of ketones is 1. The average molecular weight is 554 g/mol. The summed E-state index contributed by atoms with van der Waals surface area (Å²) in [5.74, 6) is -1.26. The summed E-state index contributed by atoms with van der Waals surface area (Å²) in [5.41, 5.74) is -0.892. The molecule has 0 amide bonds. The molecular weight excluding hydrogens is 510 g/mol. The third-order valence-electron chi connectivity index (χ3n) is 10.8. The standard InChI is InChI=1S/C32H43NO7/c1-10-21-22(24(15(2)3)33-40-21)28(35)38-26-16(4)13-31-17(5)11-20-23(29(20,6)7)19(25(31)34)12-18-14-37-30(8,9)39-27(18)32(26,31)36/h12-13,15,17,19-20,23,26-27,36H,10-11,14H2,1-9H3/t17-,19+,20-,23+,26+,27-,31+,32-/m1/s1. The summed E-state index contributed by atoms with van der Waals surface area (Å²) in [4.78, 5) is 28.8. The summed E-state index contributed by atoms with van der Waals surface area (Å²) < 4.78 is 24.4. The maximum absolute atomic E-state index is 14.8. The van der Waals surface area contributed by atoms with Gasteiger partial charge in [-0.25, -0.2) is 4.79 Å². The first kappa shape index (κ1) is 27.9. The Hall–Kier alpha value is -2.29. The van der Waals surface area contributed by atoms with E-state index in [2.05, 4.69) is 25.9 Å². The van der Waals surface area contributed by atoms with E-state index in [-0.39, 0.29) is 41.5 Å². The number of Topliss-reactive ketones (excluding diaryl/α,β-unsaturated/α-hetero) is 1. The van der Waals surface area contributed by atoms with Crippen molar-refractivity contribution < 1.29 is 33.4 Å². The second-order valence-electron chi connectivity index (χ2n) is 14.2. The van der Waals surface area contributed by atoms with Gasteiger partial charge in [0.1, 0.15) is 17.4 Å². The molecule has 1 aromatic rings. The lowest BCUT2D eigenvalue weighted by Gasteiger charge is -2.52. The summed E-state index contributed by atoms with van der Waals surface area (Å²) in [6, 6.07) is 0. The monoisotopic (exact) mass is 553 g/mol. The quantitative estimate of drug-likeness (QED) is 0.403. The predicted octanol–water partition coefficient (Wildman–Crippen LogP) is 5.15. The van der Waals surface area contributed by atoms with Gasteiger partial charge >= 0.3 is 5.97 Å². The van der Waals surface area contributed by atoms with Crippen molar-refractivity contribution in [3.05, 3.63) is 40.3 Å². The van der Waals surface area contributed by atoms with Gasteiger partial charge in [0, 0.05) is 12.3 Å². The van der Waals surface area contributed by atoms with Crippen LogP contribution in [0.3, 0.4) is 0 Å². The highest BCUT2D eigenvalue weighted by Crippen LogP contribution is 2.72. The van der Waals surface area contributed by atoms with Gasteiger partial charge in [-0.15, -0.1) is 0 Å². The van der Waals surface area contributed by atoms with Gasteiger partial charge in [-0.1, -0.05) is 58.9 Å². The maximum Gasteiger partial charge on any atom is 0.344 e. The number of hydrogen-bond acceptors (Lipinski definition) is 8. The van der Waals surface area contributed by atoms with E-state index in [9.17, 15) is 14.7 Å². The predicted molar refractivity (Wildman–Crippen MR) is 146 cm³/mol. The Morgan fingerprint density at radius 1 is 1.25 bits per heavy atom. The summed E-state index contributed by atoms with van der Waals surface area (Å²) in [6.07, 6.45) is 3.19. The Bertz CT molecular complexity index is 1330. The molecule has 3 fully saturated rings. The van der Waals surface area contributed by atoms with Crippen molar-refractivity contribution in [2.45, 2.75) is 105 Å². The van der Waals surface area contributed by atoms with E-state index in [0.29, 0.717) is 34.9 Å². The number of carbonyl (C=O) groups excluding carboxylic acids is 2. The van der Waals surface area contributed by atoms with Crippen molar-refractivity contribution in [1.29, 1.82) is 0 Å². The number of allylic oxidation sites excluding steroid dienone is 1. The highest BCUT2D eigenvalue weighted by molar-refractivity contribution is 5.96. The van der Waals surface area contributed by atoms with Crippen molar-refractivity contribution in [2.24, 2.45) is 34.5 Å².